The van der Waals surface area contributed by atoms with Gasteiger partial charge in [0.25, 0.3) is 5.91 Å². The van der Waals surface area contributed by atoms with E-state index >= 15 is 0 Å². The summed E-state index contributed by atoms with van der Waals surface area (Å²) in [5, 5.41) is 0.741. The zero-order valence-corrected chi connectivity index (χ0v) is 6.77. The Morgan fingerprint density at radius 3 is 3.00 bits per heavy atom. The number of aromatic nitrogens is 2. The lowest BCUT2D eigenvalue weighted by Gasteiger charge is -1.99. The SMILES string of the molecule is NC(=O)c1cncc2ncccc12. The second-order valence-corrected chi connectivity index (χ2v) is 2.62. The fourth-order valence-corrected chi connectivity index (χ4v) is 1.20. The molecule has 0 saturated carbocycles. The first-order chi connectivity index (χ1) is 6.29. The third-order valence-corrected chi connectivity index (χ3v) is 1.79. The van der Waals surface area contributed by atoms with Crippen molar-refractivity contribution in [2.75, 3.05) is 0 Å². The zero-order valence-electron chi connectivity index (χ0n) is 6.77. The molecule has 2 N–H and O–H groups in total. The van der Waals surface area contributed by atoms with Gasteiger partial charge in [0.05, 0.1) is 17.3 Å². The minimum absolute atomic E-state index is 0.408. The first-order valence-corrected chi connectivity index (χ1v) is 3.77. The Morgan fingerprint density at radius 1 is 1.38 bits per heavy atom. The third kappa shape index (κ3) is 1.22. The van der Waals surface area contributed by atoms with Crippen LogP contribution in [0.15, 0.2) is 30.7 Å². The van der Waals surface area contributed by atoms with Crippen molar-refractivity contribution in [3.63, 3.8) is 0 Å². The number of hydrogen-bond acceptors (Lipinski definition) is 3. The van der Waals surface area contributed by atoms with E-state index < -0.39 is 5.91 Å². The first kappa shape index (κ1) is 7.67. The van der Waals surface area contributed by atoms with Crippen LogP contribution in [0.2, 0.25) is 0 Å². The van der Waals surface area contributed by atoms with Crippen LogP contribution in [0, 0.1) is 0 Å². The van der Waals surface area contributed by atoms with Crippen molar-refractivity contribution >= 4 is 16.8 Å². The number of nitrogens with two attached hydrogens (primary N) is 1. The number of fused-ring (bicyclic) bond motifs is 1. The molecule has 4 nitrogen and oxygen atoms in total. The summed E-state index contributed by atoms with van der Waals surface area (Å²) in [5.74, 6) is -0.480. The van der Waals surface area contributed by atoms with Crippen molar-refractivity contribution < 1.29 is 4.79 Å². The van der Waals surface area contributed by atoms with Gasteiger partial charge in [0, 0.05) is 17.8 Å². The van der Waals surface area contributed by atoms with Gasteiger partial charge in [-0.15, -0.1) is 0 Å². The molecule has 0 atom stereocenters. The van der Waals surface area contributed by atoms with Crippen molar-refractivity contribution in [3.8, 4) is 0 Å². The summed E-state index contributed by atoms with van der Waals surface area (Å²) < 4.78 is 0. The van der Waals surface area contributed by atoms with Gasteiger partial charge in [-0.1, -0.05) is 6.07 Å². The van der Waals surface area contributed by atoms with Crippen LogP contribution >= 0.6 is 0 Å². The van der Waals surface area contributed by atoms with E-state index in [4.69, 9.17) is 5.73 Å². The average molecular weight is 173 g/mol. The van der Waals surface area contributed by atoms with Crippen molar-refractivity contribution in [2.45, 2.75) is 0 Å². The van der Waals surface area contributed by atoms with Crippen LogP contribution in [0.1, 0.15) is 10.4 Å². The van der Waals surface area contributed by atoms with Crippen LogP contribution in [0.25, 0.3) is 10.9 Å². The summed E-state index contributed by atoms with van der Waals surface area (Å²) in [5.41, 5.74) is 6.26. The van der Waals surface area contributed by atoms with Gasteiger partial charge in [0.1, 0.15) is 0 Å². The van der Waals surface area contributed by atoms with Crippen LogP contribution in [0.4, 0.5) is 0 Å². The smallest absolute Gasteiger partial charge is 0.250 e. The van der Waals surface area contributed by atoms with E-state index in [1.54, 1.807) is 24.5 Å². The molecule has 2 heterocycles. The highest BCUT2D eigenvalue weighted by molar-refractivity contribution is 6.04. The highest BCUT2D eigenvalue weighted by atomic mass is 16.1. The number of amides is 1. The fraction of sp³-hybridized carbons (Fsp3) is 0. The molecule has 0 saturated heterocycles. The van der Waals surface area contributed by atoms with Crippen LogP contribution in [0.5, 0.6) is 0 Å². The van der Waals surface area contributed by atoms with Crippen molar-refractivity contribution in [2.24, 2.45) is 5.73 Å². The van der Waals surface area contributed by atoms with E-state index in [2.05, 4.69) is 9.97 Å². The molecule has 0 radical (unpaired) electrons. The van der Waals surface area contributed by atoms with Crippen molar-refractivity contribution in [1.29, 1.82) is 0 Å². The summed E-state index contributed by atoms with van der Waals surface area (Å²) in [6.07, 6.45) is 4.70. The number of nitrogens with zero attached hydrogens (tertiary/aromatic N) is 2. The fourth-order valence-electron chi connectivity index (χ4n) is 1.20. The summed E-state index contributed by atoms with van der Waals surface area (Å²) in [7, 11) is 0. The second-order valence-electron chi connectivity index (χ2n) is 2.62. The van der Waals surface area contributed by atoms with Gasteiger partial charge < -0.3 is 5.73 Å². The maximum Gasteiger partial charge on any atom is 0.250 e. The number of primary amides is 1. The van der Waals surface area contributed by atoms with E-state index in [-0.39, 0.29) is 0 Å². The van der Waals surface area contributed by atoms with Gasteiger partial charge in [-0.3, -0.25) is 14.8 Å². The Hall–Kier alpha value is -1.97. The predicted molar refractivity (Wildman–Crippen MR) is 48.1 cm³/mol. The van der Waals surface area contributed by atoms with Crippen molar-refractivity contribution in [3.05, 3.63) is 36.3 Å². The molecule has 0 aliphatic heterocycles. The van der Waals surface area contributed by atoms with Crippen LogP contribution in [0.3, 0.4) is 0 Å². The van der Waals surface area contributed by atoms with Crippen LogP contribution in [-0.2, 0) is 0 Å². The molecule has 0 unspecified atom stereocenters. The number of rotatable bonds is 1. The Morgan fingerprint density at radius 2 is 2.23 bits per heavy atom. The predicted octanol–water partition coefficient (Wildman–Crippen LogP) is 0.729. The molecule has 4 heteroatoms. The van der Waals surface area contributed by atoms with E-state index in [0.29, 0.717) is 11.1 Å². The minimum Gasteiger partial charge on any atom is -0.366 e. The molecule has 0 bridgehead atoms. The molecule has 0 aromatic carbocycles. The van der Waals surface area contributed by atoms with Crippen LogP contribution in [-0.4, -0.2) is 15.9 Å². The zero-order chi connectivity index (χ0) is 9.26. The summed E-state index contributed by atoms with van der Waals surface area (Å²) in [6.45, 7) is 0. The van der Waals surface area contributed by atoms with Gasteiger partial charge >= 0.3 is 0 Å². The maximum atomic E-state index is 11.0. The van der Waals surface area contributed by atoms with Gasteiger partial charge in [0.15, 0.2) is 0 Å². The third-order valence-electron chi connectivity index (χ3n) is 1.79. The molecular formula is C9H7N3O. The normalized spacial score (nSPS) is 10.2. The van der Waals surface area contributed by atoms with E-state index in [1.165, 1.54) is 6.20 Å². The number of carbonyl (C=O) groups excluding carboxylic acids is 1. The largest absolute Gasteiger partial charge is 0.366 e. The van der Waals surface area contributed by atoms with E-state index in [9.17, 15) is 4.79 Å². The number of pyridine rings is 2. The Balaban J connectivity index is 2.83. The molecule has 0 fully saturated rings. The lowest BCUT2D eigenvalue weighted by Crippen LogP contribution is -2.11. The number of hydrogen-bond donors (Lipinski definition) is 1. The molecular weight excluding hydrogens is 166 g/mol. The van der Waals surface area contributed by atoms with Crippen molar-refractivity contribution in [1.82, 2.24) is 9.97 Å². The summed E-state index contributed by atoms with van der Waals surface area (Å²) in [4.78, 5) is 18.9. The quantitative estimate of drug-likeness (QED) is 0.691. The summed E-state index contributed by atoms with van der Waals surface area (Å²) in [6, 6.07) is 3.55. The molecule has 0 aliphatic rings. The summed E-state index contributed by atoms with van der Waals surface area (Å²) >= 11 is 0. The van der Waals surface area contributed by atoms with Gasteiger partial charge in [-0.25, -0.2) is 0 Å². The number of carbonyl (C=O) groups is 1. The Labute approximate surface area is 74.4 Å². The van der Waals surface area contributed by atoms with Gasteiger partial charge in [0.2, 0.25) is 0 Å². The molecule has 64 valence electrons. The average Bonchev–Trinajstić information content (AvgIpc) is 2.17. The highest BCUT2D eigenvalue weighted by Gasteiger charge is 2.05. The first-order valence-electron chi connectivity index (χ1n) is 3.77. The van der Waals surface area contributed by atoms with Gasteiger partial charge in [-0.05, 0) is 6.07 Å². The molecule has 2 rings (SSSR count). The standard InChI is InChI=1S/C9H7N3O/c10-9(13)7-4-11-5-8-6(7)2-1-3-12-8/h1-5H,(H2,10,13). The van der Waals surface area contributed by atoms with E-state index in [0.717, 1.165) is 5.39 Å². The Kier molecular flexibility index (Phi) is 1.66. The maximum absolute atomic E-state index is 11.0. The molecule has 2 aromatic rings. The molecule has 0 spiro atoms. The topological polar surface area (TPSA) is 68.9 Å². The molecule has 2 aromatic heterocycles. The monoisotopic (exact) mass is 173 g/mol. The van der Waals surface area contributed by atoms with Gasteiger partial charge in [-0.2, -0.15) is 0 Å². The lowest BCUT2D eigenvalue weighted by atomic mass is 10.1. The Bertz CT molecular complexity index is 462. The lowest BCUT2D eigenvalue weighted by molar-refractivity contribution is 0.100. The van der Waals surface area contributed by atoms with E-state index in [1.807, 2.05) is 0 Å². The molecule has 1 amide bonds. The minimum atomic E-state index is -0.480. The second kappa shape index (κ2) is 2.82. The van der Waals surface area contributed by atoms with Crippen LogP contribution < -0.4 is 5.73 Å². The molecule has 0 aliphatic carbocycles. The highest BCUT2D eigenvalue weighted by Crippen LogP contribution is 2.13. The molecule has 13 heavy (non-hydrogen) atoms.